The van der Waals surface area contributed by atoms with E-state index in [4.69, 9.17) is 0 Å². The molecule has 2 aromatic rings. The summed E-state index contributed by atoms with van der Waals surface area (Å²) in [7, 11) is 0. The Morgan fingerprint density at radius 3 is 2.48 bits per heavy atom. The van der Waals surface area contributed by atoms with Gasteiger partial charge in [0.15, 0.2) is 0 Å². The average Bonchev–Trinajstić information content (AvgIpc) is 3.07. The molecule has 0 fully saturated rings. The molecule has 3 rings (SSSR count). The van der Waals surface area contributed by atoms with Crippen molar-refractivity contribution in [2.75, 3.05) is 6.54 Å². The van der Waals surface area contributed by atoms with Crippen LogP contribution in [0.5, 0.6) is 0 Å². The molecule has 2 aromatic carbocycles. The summed E-state index contributed by atoms with van der Waals surface area (Å²) in [5, 5.41) is 14.8. The van der Waals surface area contributed by atoms with Crippen LogP contribution in [0.3, 0.4) is 0 Å². The number of carbonyl (C=O) groups excluding carboxylic acids is 2. The summed E-state index contributed by atoms with van der Waals surface area (Å²) >= 11 is 0. The topological polar surface area (TPSA) is 94.3 Å². The van der Waals surface area contributed by atoms with Gasteiger partial charge in [-0.1, -0.05) is 49.7 Å². The lowest BCUT2D eigenvalue weighted by Gasteiger charge is -2.06. The number of rotatable bonds is 5. The maximum Gasteiger partial charge on any atom is 0.264 e. The van der Waals surface area contributed by atoms with E-state index in [1.54, 1.807) is 30.3 Å². The average molecular weight is 390 g/mol. The van der Waals surface area contributed by atoms with E-state index >= 15 is 0 Å². The van der Waals surface area contributed by atoms with Crippen molar-refractivity contribution in [3.8, 4) is 6.07 Å². The van der Waals surface area contributed by atoms with Gasteiger partial charge in [-0.05, 0) is 18.6 Å². The molecule has 1 aliphatic heterocycles. The third kappa shape index (κ3) is 4.22. The van der Waals surface area contributed by atoms with Crippen LogP contribution in [0.2, 0.25) is 0 Å². The molecule has 7 heteroatoms. The molecule has 0 aliphatic carbocycles. The Bertz CT molecular complexity index is 1070. The Balaban J connectivity index is 1.96. The van der Waals surface area contributed by atoms with Gasteiger partial charge >= 0.3 is 0 Å². The molecule has 1 aliphatic rings. The van der Waals surface area contributed by atoms with E-state index in [-0.39, 0.29) is 22.7 Å². The van der Waals surface area contributed by atoms with E-state index in [1.165, 1.54) is 18.2 Å². The number of amides is 2. The van der Waals surface area contributed by atoms with Crippen molar-refractivity contribution in [3.05, 3.63) is 76.6 Å². The molecule has 1 heterocycles. The Morgan fingerprint density at radius 2 is 1.79 bits per heavy atom. The van der Waals surface area contributed by atoms with Gasteiger partial charge < -0.3 is 10.6 Å². The van der Waals surface area contributed by atoms with Gasteiger partial charge in [-0.25, -0.2) is 9.38 Å². The van der Waals surface area contributed by atoms with Gasteiger partial charge in [-0.15, -0.1) is 0 Å². The molecule has 0 radical (unpaired) electrons. The first-order valence-corrected chi connectivity index (χ1v) is 9.23. The number of fused-ring (bicyclic) bond motifs is 1. The second kappa shape index (κ2) is 8.93. The van der Waals surface area contributed by atoms with Crippen LogP contribution in [-0.4, -0.2) is 24.2 Å². The monoisotopic (exact) mass is 390 g/mol. The fourth-order valence-corrected chi connectivity index (χ4v) is 2.91. The third-order valence-corrected chi connectivity index (χ3v) is 4.40. The number of nitrogens with one attached hydrogen (secondary N) is 2. The summed E-state index contributed by atoms with van der Waals surface area (Å²) < 4.78 is 13.9. The van der Waals surface area contributed by atoms with Crippen LogP contribution >= 0.6 is 0 Å². The summed E-state index contributed by atoms with van der Waals surface area (Å²) in [5.74, 6) is -1.67. The summed E-state index contributed by atoms with van der Waals surface area (Å²) in [6.07, 6.45) is 1.70. The molecule has 6 nitrogen and oxygen atoms in total. The molecule has 0 unspecified atom stereocenters. The smallest absolute Gasteiger partial charge is 0.264 e. The number of nitrogens with zero attached hydrogens (tertiary/aromatic N) is 2. The Morgan fingerprint density at radius 1 is 1.10 bits per heavy atom. The molecule has 0 saturated heterocycles. The highest BCUT2D eigenvalue weighted by Gasteiger charge is 2.27. The van der Waals surface area contributed by atoms with Crippen LogP contribution in [0.25, 0.3) is 5.70 Å². The van der Waals surface area contributed by atoms with Gasteiger partial charge in [0.1, 0.15) is 23.3 Å². The number of unbranched alkanes of at least 4 members (excludes halogenated alkanes) is 1. The predicted molar refractivity (Wildman–Crippen MR) is 107 cm³/mol. The largest absolute Gasteiger partial charge is 0.351 e. The second-order valence-electron chi connectivity index (χ2n) is 6.38. The van der Waals surface area contributed by atoms with Gasteiger partial charge in [-0.3, -0.25) is 9.59 Å². The highest BCUT2D eigenvalue weighted by molar-refractivity contribution is 6.20. The van der Waals surface area contributed by atoms with Crippen LogP contribution in [0.15, 0.2) is 59.1 Å². The first-order valence-electron chi connectivity index (χ1n) is 9.23. The number of hydrogen-bond donors (Lipinski definition) is 2. The van der Waals surface area contributed by atoms with E-state index in [9.17, 15) is 19.2 Å². The summed E-state index contributed by atoms with van der Waals surface area (Å²) in [4.78, 5) is 29.3. The zero-order chi connectivity index (χ0) is 20.8. The predicted octanol–water partition coefficient (Wildman–Crippen LogP) is 3.17. The normalized spacial score (nSPS) is 13.8. The Labute approximate surface area is 167 Å². The summed E-state index contributed by atoms with van der Waals surface area (Å²) in [6.45, 7) is 2.45. The quantitative estimate of drug-likeness (QED) is 0.466. The summed E-state index contributed by atoms with van der Waals surface area (Å²) in [5.41, 5.74) is 1.03. The van der Waals surface area contributed by atoms with Gasteiger partial charge in [0.05, 0.1) is 11.3 Å². The highest BCUT2D eigenvalue weighted by Crippen LogP contribution is 2.30. The van der Waals surface area contributed by atoms with Crippen LogP contribution in [0.4, 0.5) is 4.39 Å². The van der Waals surface area contributed by atoms with Gasteiger partial charge in [-0.2, -0.15) is 5.26 Å². The van der Waals surface area contributed by atoms with Gasteiger partial charge in [0.25, 0.3) is 11.8 Å². The standard InChI is InChI=1S/C22H19FN4O2/c1-2-3-12-25-21(28)17(13-24)19-14-8-4-5-9-15(14)20(26-19)27-22(29)16-10-6-7-11-18(16)23/h4-11H,2-3,12H2,1H3,(H,25,28)(H,26,27,29)/b19-17-. The maximum atomic E-state index is 13.9. The third-order valence-electron chi connectivity index (χ3n) is 4.40. The number of carbonyl (C=O) groups is 2. The number of halogens is 1. The lowest BCUT2D eigenvalue weighted by Crippen LogP contribution is -2.31. The molecule has 0 atom stereocenters. The maximum absolute atomic E-state index is 13.9. The minimum absolute atomic E-state index is 0.122. The van der Waals surface area contributed by atoms with Gasteiger partial charge in [0.2, 0.25) is 0 Å². The number of amidine groups is 1. The van der Waals surface area contributed by atoms with E-state index in [0.717, 1.165) is 12.8 Å². The number of nitriles is 1. The van der Waals surface area contributed by atoms with E-state index in [0.29, 0.717) is 17.7 Å². The minimum atomic E-state index is -0.663. The molecular weight excluding hydrogens is 371 g/mol. The lowest BCUT2D eigenvalue weighted by atomic mass is 10.0. The highest BCUT2D eigenvalue weighted by atomic mass is 19.1. The fraction of sp³-hybridized carbons (Fsp3) is 0.182. The van der Waals surface area contributed by atoms with Crippen LogP contribution < -0.4 is 10.6 Å². The number of benzene rings is 2. The molecule has 29 heavy (non-hydrogen) atoms. The Hall–Kier alpha value is -3.79. The fourth-order valence-electron chi connectivity index (χ4n) is 2.91. The Kier molecular flexibility index (Phi) is 6.15. The molecule has 0 spiro atoms. The minimum Gasteiger partial charge on any atom is -0.351 e. The van der Waals surface area contributed by atoms with E-state index in [1.807, 2.05) is 13.0 Å². The molecule has 0 bridgehead atoms. The van der Waals surface area contributed by atoms with Crippen molar-refractivity contribution >= 4 is 23.3 Å². The molecule has 2 amide bonds. The molecule has 0 saturated carbocycles. The molecular formula is C22H19FN4O2. The number of hydrogen-bond acceptors (Lipinski definition) is 4. The van der Waals surface area contributed by atoms with Crippen LogP contribution in [0, 0.1) is 17.1 Å². The van der Waals surface area contributed by atoms with Crippen LogP contribution in [0.1, 0.15) is 41.3 Å². The molecule has 2 N–H and O–H groups in total. The molecule has 0 aromatic heterocycles. The van der Waals surface area contributed by atoms with Crippen LogP contribution in [-0.2, 0) is 4.79 Å². The van der Waals surface area contributed by atoms with E-state index < -0.39 is 17.6 Å². The SMILES string of the molecule is CCCCNC(=O)/C(C#N)=C1\N=C(NC(=O)c2ccccc2F)c2ccccc21. The van der Waals surface area contributed by atoms with Crippen molar-refractivity contribution in [2.24, 2.45) is 4.99 Å². The van der Waals surface area contributed by atoms with Gasteiger partial charge in [0, 0.05) is 17.7 Å². The van der Waals surface area contributed by atoms with Crippen molar-refractivity contribution in [3.63, 3.8) is 0 Å². The van der Waals surface area contributed by atoms with E-state index in [2.05, 4.69) is 15.6 Å². The van der Waals surface area contributed by atoms with Crippen molar-refractivity contribution < 1.29 is 14.0 Å². The van der Waals surface area contributed by atoms with Crippen molar-refractivity contribution in [2.45, 2.75) is 19.8 Å². The molecule has 146 valence electrons. The second-order valence-corrected chi connectivity index (χ2v) is 6.38. The van der Waals surface area contributed by atoms with Crippen molar-refractivity contribution in [1.29, 1.82) is 5.26 Å². The summed E-state index contributed by atoms with van der Waals surface area (Å²) in [6, 6.07) is 14.5. The zero-order valence-corrected chi connectivity index (χ0v) is 15.8. The lowest BCUT2D eigenvalue weighted by molar-refractivity contribution is -0.117. The zero-order valence-electron chi connectivity index (χ0n) is 15.8. The number of aliphatic imine (C=N–C) groups is 1. The van der Waals surface area contributed by atoms with Crippen molar-refractivity contribution in [1.82, 2.24) is 10.6 Å². The first-order chi connectivity index (χ1) is 14.1. The first kappa shape index (κ1) is 20.0.